The summed E-state index contributed by atoms with van der Waals surface area (Å²) in [5, 5.41) is 3.00. The van der Waals surface area contributed by atoms with Gasteiger partial charge >= 0.3 is 11.5 Å². The Hall–Kier alpha value is -3.20. The van der Waals surface area contributed by atoms with Crippen molar-refractivity contribution < 1.29 is 39.6 Å². The third-order valence-corrected chi connectivity index (χ3v) is 9.28. The van der Waals surface area contributed by atoms with Gasteiger partial charge < -0.3 is 10.2 Å². The summed E-state index contributed by atoms with van der Waals surface area (Å²) in [4.78, 5) is 31.5. The van der Waals surface area contributed by atoms with Crippen molar-refractivity contribution in [2.24, 2.45) is 0 Å². The van der Waals surface area contributed by atoms with Crippen molar-refractivity contribution in [1.82, 2.24) is 9.88 Å². The highest BCUT2D eigenvalue weighted by atomic mass is 32.2. The van der Waals surface area contributed by atoms with Crippen molar-refractivity contribution >= 4 is 43.1 Å². The van der Waals surface area contributed by atoms with Gasteiger partial charge in [0.05, 0.1) is 28.1 Å². The van der Waals surface area contributed by atoms with Crippen LogP contribution in [0.15, 0.2) is 47.5 Å². The van der Waals surface area contributed by atoms with Crippen LogP contribution in [0.2, 0.25) is 0 Å². The first-order valence-corrected chi connectivity index (χ1v) is 13.8. The number of pyridine rings is 1. The third-order valence-electron chi connectivity index (χ3n) is 5.96. The molecule has 3 heterocycles. The molecule has 2 aromatic rings. The Kier molecular flexibility index (Phi) is 6.06. The van der Waals surface area contributed by atoms with Crippen molar-refractivity contribution in [3.8, 4) is 0 Å². The topological polar surface area (TPSA) is 134 Å². The van der Waals surface area contributed by atoms with E-state index >= 15 is 0 Å². The molecule has 36 heavy (non-hydrogen) atoms. The van der Waals surface area contributed by atoms with E-state index < -0.39 is 47.6 Å². The highest BCUT2D eigenvalue weighted by Gasteiger charge is 2.52. The fraction of sp³-hybridized carbons (Fsp3) is 0.381. The van der Waals surface area contributed by atoms with Crippen LogP contribution < -0.4 is 10.2 Å². The van der Waals surface area contributed by atoms with Gasteiger partial charge in [-0.1, -0.05) is 0 Å². The van der Waals surface area contributed by atoms with Crippen LogP contribution in [0.4, 0.5) is 29.5 Å². The second kappa shape index (κ2) is 8.44. The van der Waals surface area contributed by atoms with Gasteiger partial charge in [0.25, 0.3) is 15.7 Å². The molecule has 3 amide bonds. The van der Waals surface area contributed by atoms with Crippen molar-refractivity contribution in [2.75, 3.05) is 21.7 Å². The Balaban J connectivity index is 1.55. The number of anilines is 2. The van der Waals surface area contributed by atoms with Crippen LogP contribution in [0.25, 0.3) is 0 Å². The summed E-state index contributed by atoms with van der Waals surface area (Å²) in [7, 11) is -8.61. The van der Waals surface area contributed by atoms with Gasteiger partial charge in [-0.3, -0.25) is 4.79 Å². The number of hydrogen-bond donors (Lipinski definition) is 1. The molecule has 0 aliphatic carbocycles. The summed E-state index contributed by atoms with van der Waals surface area (Å²) < 4.78 is 84.4. The lowest BCUT2D eigenvalue weighted by molar-refractivity contribution is -0.123. The van der Waals surface area contributed by atoms with E-state index in [4.69, 9.17) is 0 Å². The number of imide groups is 1. The molecule has 1 N–H and O–H groups in total. The molecule has 4 rings (SSSR count). The Morgan fingerprint density at radius 2 is 1.72 bits per heavy atom. The largest absolute Gasteiger partial charge is 0.501 e. The van der Waals surface area contributed by atoms with E-state index in [2.05, 4.69) is 10.3 Å². The Morgan fingerprint density at radius 3 is 2.28 bits per heavy atom. The maximum Gasteiger partial charge on any atom is 0.501 e. The van der Waals surface area contributed by atoms with Crippen LogP contribution in [0, 0.1) is 0 Å². The Morgan fingerprint density at radius 1 is 1.11 bits per heavy atom. The lowest BCUT2D eigenvalue weighted by atomic mass is 10.0. The molecule has 2 aliphatic rings. The molecule has 1 aromatic heterocycles. The quantitative estimate of drug-likeness (QED) is 0.546. The average molecular weight is 547 g/mol. The smallest absolute Gasteiger partial charge is 0.365 e. The highest BCUT2D eigenvalue weighted by Crippen LogP contribution is 2.35. The fourth-order valence-corrected chi connectivity index (χ4v) is 5.98. The average Bonchev–Trinajstić information content (AvgIpc) is 2.91. The lowest BCUT2D eigenvalue weighted by Gasteiger charge is -2.29. The molecule has 2 fully saturated rings. The first kappa shape index (κ1) is 25.9. The van der Waals surface area contributed by atoms with Crippen LogP contribution in [0.3, 0.4) is 0 Å². The van der Waals surface area contributed by atoms with Crippen molar-refractivity contribution in [3.05, 3.63) is 48.2 Å². The van der Waals surface area contributed by atoms with E-state index in [1.54, 1.807) is 12.1 Å². The minimum absolute atomic E-state index is 0.0108. The van der Waals surface area contributed by atoms with Crippen LogP contribution in [0.5, 0.6) is 0 Å². The highest BCUT2D eigenvalue weighted by molar-refractivity contribution is 7.93. The normalized spacial score (nSPS) is 19.9. The number of carbonyl (C=O) groups is 2. The summed E-state index contributed by atoms with van der Waals surface area (Å²) in [5.74, 6) is -0.265. The molecular weight excluding hydrogens is 525 g/mol. The number of amides is 3. The van der Waals surface area contributed by atoms with Crippen LogP contribution in [-0.4, -0.2) is 67.3 Å². The number of benzene rings is 1. The van der Waals surface area contributed by atoms with Gasteiger partial charge in [0, 0.05) is 12.7 Å². The number of carbonyl (C=O) groups excluding carboxylic acids is 2. The fourth-order valence-electron chi connectivity index (χ4n) is 3.93. The first-order valence-electron chi connectivity index (χ1n) is 10.5. The number of urea groups is 1. The maximum absolute atomic E-state index is 13.2. The van der Waals surface area contributed by atoms with Crippen LogP contribution in [0.1, 0.15) is 19.4 Å². The number of nitrogens with zero attached hydrogens (tertiary/aromatic N) is 3. The molecule has 0 atom stereocenters. The molecule has 194 valence electrons. The second-order valence-corrected chi connectivity index (χ2v) is 13.1. The summed E-state index contributed by atoms with van der Waals surface area (Å²) in [6.45, 7) is 3.00. The number of rotatable bonds is 6. The number of hydrogen-bond acceptors (Lipinski definition) is 8. The summed E-state index contributed by atoms with van der Waals surface area (Å²) >= 11 is 0. The second-order valence-electron chi connectivity index (χ2n) is 8.98. The van der Waals surface area contributed by atoms with Gasteiger partial charge in [0.1, 0.15) is 11.4 Å². The third kappa shape index (κ3) is 4.52. The molecule has 0 radical (unpaired) electrons. The number of halogens is 3. The molecule has 0 bridgehead atoms. The zero-order valence-corrected chi connectivity index (χ0v) is 20.6. The minimum Gasteiger partial charge on any atom is -0.365 e. The lowest BCUT2D eigenvalue weighted by Crippen LogP contribution is -2.46. The number of nitrogens with one attached hydrogen (secondary N) is 1. The van der Waals surface area contributed by atoms with Gasteiger partial charge in [-0.25, -0.2) is 31.5 Å². The summed E-state index contributed by atoms with van der Waals surface area (Å²) in [5.41, 5.74) is -6.30. The van der Waals surface area contributed by atoms with Gasteiger partial charge in [-0.05, 0) is 55.8 Å². The van der Waals surface area contributed by atoms with E-state index in [1.807, 2.05) is 0 Å². The van der Waals surface area contributed by atoms with E-state index in [1.165, 1.54) is 24.9 Å². The van der Waals surface area contributed by atoms with Crippen LogP contribution >= 0.6 is 0 Å². The molecule has 2 aliphatic heterocycles. The molecule has 0 spiro atoms. The van der Waals surface area contributed by atoms with Crippen molar-refractivity contribution in [3.63, 3.8) is 0 Å². The number of alkyl halides is 3. The van der Waals surface area contributed by atoms with E-state index in [0.29, 0.717) is 23.5 Å². The monoisotopic (exact) mass is 546 g/mol. The summed E-state index contributed by atoms with van der Waals surface area (Å²) in [6.07, 6.45) is 1.47. The first-order chi connectivity index (χ1) is 16.5. The minimum atomic E-state index is -5.58. The van der Waals surface area contributed by atoms with Gasteiger partial charge in [0.2, 0.25) is 0 Å². The molecule has 2 saturated heterocycles. The molecule has 0 unspecified atom stereocenters. The van der Waals surface area contributed by atoms with Crippen molar-refractivity contribution in [2.45, 2.75) is 42.4 Å². The van der Waals surface area contributed by atoms with Gasteiger partial charge in [-0.15, -0.1) is 0 Å². The van der Waals surface area contributed by atoms with Gasteiger partial charge in [-0.2, -0.15) is 13.2 Å². The Labute approximate surface area is 204 Å². The molecular formula is C21H21F3N4O6S2. The molecule has 15 heteroatoms. The number of sulfone groups is 2. The molecule has 0 saturated carbocycles. The summed E-state index contributed by atoms with van der Waals surface area (Å²) in [6, 6.07) is 5.54. The molecule has 10 nitrogen and oxygen atoms in total. The Bertz CT molecular complexity index is 1430. The maximum atomic E-state index is 13.2. The number of aromatic nitrogens is 1. The standard InChI is InChI=1S/C21H21F3N4O6S2/c1-20(2)18(29)28(15-3-5-16(6-4-15)36(33,34)21(22,23)24)19(30)27(20)10-13-7-8-25-17(9-13)26-14-11-35(31,32)12-14/h3-9,14H,10-12H2,1-2H3,(H,25,26). The zero-order chi connectivity index (χ0) is 26.7. The molecule has 1 aromatic carbocycles. The van der Waals surface area contributed by atoms with Crippen molar-refractivity contribution in [1.29, 1.82) is 0 Å². The predicted octanol–water partition coefficient (Wildman–Crippen LogP) is 2.33. The SMILES string of the molecule is CC1(C)C(=O)N(c2ccc(S(=O)(=O)C(F)(F)F)cc2)C(=O)N1Cc1ccnc(NC2CS(=O)(=O)C2)c1. The van der Waals surface area contributed by atoms with Crippen LogP contribution in [-0.2, 0) is 31.0 Å². The van der Waals surface area contributed by atoms with E-state index in [9.17, 15) is 39.6 Å². The zero-order valence-electron chi connectivity index (χ0n) is 19.0. The predicted molar refractivity (Wildman–Crippen MR) is 122 cm³/mol. The van der Waals surface area contributed by atoms with E-state index in [0.717, 1.165) is 17.0 Å². The van der Waals surface area contributed by atoms with E-state index in [-0.39, 0.29) is 29.8 Å². The van der Waals surface area contributed by atoms with Gasteiger partial charge in [0.15, 0.2) is 9.84 Å².